The molecule has 1 aliphatic heterocycles. The monoisotopic (exact) mass is 152 g/mol. The smallest absolute Gasteiger partial charge is 0.136 e. The van der Waals surface area contributed by atoms with Gasteiger partial charge in [0.25, 0.3) is 0 Å². The van der Waals surface area contributed by atoms with Crippen LogP contribution in [0.5, 0.6) is 0 Å². The van der Waals surface area contributed by atoms with E-state index in [2.05, 4.69) is 15.7 Å². The molecule has 0 bridgehead atoms. The fourth-order valence-electron chi connectivity index (χ4n) is 0.820. The van der Waals surface area contributed by atoms with Crippen LogP contribution in [0.15, 0.2) is 23.6 Å². The Morgan fingerprint density at radius 3 is 3.00 bits per heavy atom. The fraction of sp³-hybridized carbons (Fsp3) is 0.200. The van der Waals surface area contributed by atoms with Crippen molar-refractivity contribution in [2.45, 2.75) is 0 Å². The second-order valence-corrected chi connectivity index (χ2v) is 2.17. The molecular weight excluding hydrogens is 144 g/mol. The molecule has 1 aromatic rings. The van der Waals surface area contributed by atoms with Gasteiger partial charge in [0.1, 0.15) is 6.34 Å². The van der Waals surface area contributed by atoms with E-state index in [0.717, 1.165) is 0 Å². The molecule has 1 aromatic heterocycles. The molecule has 0 aliphatic carbocycles. The van der Waals surface area contributed by atoms with E-state index in [9.17, 15) is 0 Å². The van der Waals surface area contributed by atoms with Gasteiger partial charge in [-0.15, -0.1) is 10.3 Å². The zero-order valence-corrected chi connectivity index (χ0v) is 6.05. The van der Waals surface area contributed by atoms with E-state index in [1.807, 2.05) is 13.1 Å². The summed E-state index contributed by atoms with van der Waals surface area (Å²) in [5.74, 6) is 0. The lowest BCUT2D eigenvalue weighted by Gasteiger charge is -2.22. The number of hydrogen-bond donors (Lipinski definition) is 1. The Bertz CT molecular complexity index is 252. The zero-order chi connectivity index (χ0) is 7.68. The lowest BCUT2D eigenvalue weighted by Crippen LogP contribution is -3.05. The summed E-state index contributed by atoms with van der Waals surface area (Å²) in [4.78, 5) is 1.61. The predicted octanol–water partition coefficient (Wildman–Crippen LogP) is -1.38. The van der Waals surface area contributed by atoms with Crippen molar-refractivity contribution >= 4 is 6.34 Å². The molecule has 11 heavy (non-hydrogen) atoms. The highest BCUT2D eigenvalue weighted by Crippen LogP contribution is 1.86. The number of aromatic nitrogens is 2. The lowest BCUT2D eigenvalue weighted by molar-refractivity contribution is -0.922. The molecule has 58 valence electrons. The normalized spacial score (nSPS) is 23.0. The van der Waals surface area contributed by atoms with E-state index >= 15 is 0 Å². The van der Waals surface area contributed by atoms with Gasteiger partial charge < -0.3 is 10.5 Å². The highest BCUT2D eigenvalue weighted by atomic mass is 16.0. The van der Waals surface area contributed by atoms with Crippen molar-refractivity contribution in [3.63, 3.8) is 0 Å². The average molecular weight is 152 g/mol. The van der Waals surface area contributed by atoms with Crippen molar-refractivity contribution in [1.82, 2.24) is 14.9 Å². The van der Waals surface area contributed by atoms with Gasteiger partial charge in [-0.3, -0.25) is 0 Å². The van der Waals surface area contributed by atoms with Gasteiger partial charge in [0, 0.05) is 0 Å². The van der Waals surface area contributed by atoms with Crippen molar-refractivity contribution in [3.05, 3.63) is 24.0 Å². The van der Waals surface area contributed by atoms with Crippen LogP contribution in [0.1, 0.15) is 0 Å². The third kappa shape index (κ3) is 1.08. The molecule has 0 aromatic carbocycles. The molecule has 1 atom stereocenters. The Labute approximate surface area is 63.6 Å². The Morgan fingerprint density at radius 2 is 2.45 bits per heavy atom. The highest BCUT2D eigenvalue weighted by molar-refractivity contribution is 5.55. The van der Waals surface area contributed by atoms with Crippen LogP contribution in [0.25, 0.3) is 5.53 Å². The van der Waals surface area contributed by atoms with Gasteiger partial charge in [-0.1, -0.05) is 9.89 Å². The van der Waals surface area contributed by atoms with Gasteiger partial charge >= 0.3 is 0 Å². The van der Waals surface area contributed by atoms with Gasteiger partial charge in [-0.25, -0.2) is 0 Å². The third-order valence-corrected chi connectivity index (χ3v) is 1.30. The molecule has 0 saturated carbocycles. The van der Waals surface area contributed by atoms with Gasteiger partial charge in [-0.05, 0) is 13.1 Å². The van der Waals surface area contributed by atoms with Crippen LogP contribution in [0.4, 0.5) is 0 Å². The quantitative estimate of drug-likeness (QED) is 0.539. The minimum Gasteiger partial charge on any atom is -0.411 e. The van der Waals surface area contributed by atoms with Gasteiger partial charge in [0.2, 0.25) is 0 Å². The number of nitrogens with one attached hydrogen (secondary N) is 1. The first kappa shape index (κ1) is 6.32. The molecule has 1 unspecified atom stereocenters. The second-order valence-electron chi connectivity index (χ2n) is 2.17. The maximum atomic E-state index is 4.06. The largest absolute Gasteiger partial charge is 0.411 e. The van der Waals surface area contributed by atoms with E-state index in [1.54, 1.807) is 28.5 Å². The van der Waals surface area contributed by atoms with Crippen LogP contribution in [0.3, 0.4) is 0 Å². The molecule has 0 spiro atoms. The molecule has 6 heteroatoms. The van der Waals surface area contributed by atoms with Crippen molar-refractivity contribution in [3.8, 4) is 0 Å². The molecule has 0 radical (unpaired) electrons. The van der Waals surface area contributed by atoms with Crippen LogP contribution < -0.4 is 5.23 Å². The van der Waals surface area contributed by atoms with Crippen molar-refractivity contribution in [2.75, 3.05) is 7.05 Å². The minimum atomic E-state index is 0.595. The van der Waals surface area contributed by atoms with E-state index in [0.29, 0.717) is 5.23 Å². The summed E-state index contributed by atoms with van der Waals surface area (Å²) in [6.45, 7) is 0. The summed E-state index contributed by atoms with van der Waals surface area (Å²) in [6, 6.07) is 1.83. The summed E-state index contributed by atoms with van der Waals surface area (Å²) < 4.78 is 0. The first-order valence-electron chi connectivity index (χ1n) is 3.22. The fourth-order valence-corrected chi connectivity index (χ4v) is 0.820. The summed E-state index contributed by atoms with van der Waals surface area (Å²) >= 11 is 0. The van der Waals surface area contributed by atoms with Crippen molar-refractivity contribution in [2.24, 2.45) is 5.10 Å². The van der Waals surface area contributed by atoms with Crippen LogP contribution in [0, 0.1) is 0 Å². The van der Waals surface area contributed by atoms with Crippen LogP contribution in [0.2, 0.25) is 0 Å². The van der Waals surface area contributed by atoms with Gasteiger partial charge in [0.15, 0.2) is 0 Å². The average Bonchev–Trinajstić information content (AvgIpc) is 2.55. The first-order chi connectivity index (χ1) is 5.36. The van der Waals surface area contributed by atoms with Crippen LogP contribution in [-0.2, 0) is 0 Å². The van der Waals surface area contributed by atoms with Crippen molar-refractivity contribution in [1.29, 1.82) is 0 Å². The Kier molecular flexibility index (Phi) is 1.34. The molecule has 1 N–H and O–H groups in total. The number of quaternary nitrogens is 1. The first-order valence-corrected chi connectivity index (χ1v) is 3.22. The predicted molar refractivity (Wildman–Crippen MR) is 38.2 cm³/mol. The lowest BCUT2D eigenvalue weighted by atomic mass is 10.8. The van der Waals surface area contributed by atoms with E-state index in [-0.39, 0.29) is 0 Å². The Balaban J connectivity index is 2.15. The number of rotatable bonds is 1. The Morgan fingerprint density at radius 1 is 1.55 bits per heavy atom. The standard InChI is InChI=1S/C5H8N6/c1-9-5-7-11(8-9)10-4-2-3-6-10/h2-5,11H,1H3. The van der Waals surface area contributed by atoms with E-state index in [1.165, 1.54) is 0 Å². The highest BCUT2D eigenvalue weighted by Gasteiger charge is 2.05. The topological polar surface area (TPSA) is 52.0 Å². The van der Waals surface area contributed by atoms with Crippen LogP contribution >= 0.6 is 0 Å². The molecule has 2 heterocycles. The molecule has 2 rings (SSSR count). The second kappa shape index (κ2) is 2.33. The maximum absolute atomic E-state index is 4.06. The van der Waals surface area contributed by atoms with E-state index < -0.39 is 0 Å². The third-order valence-electron chi connectivity index (χ3n) is 1.30. The molecule has 0 fully saturated rings. The summed E-state index contributed by atoms with van der Waals surface area (Å²) in [5, 5.41) is 10.2. The summed E-state index contributed by atoms with van der Waals surface area (Å²) in [6.07, 6.45) is 5.13. The summed E-state index contributed by atoms with van der Waals surface area (Å²) in [7, 11) is 1.82. The molecular formula is C5H8N6. The SMILES string of the molecule is CN1C=N[NH+](n2cccn2)[N-]1. The summed E-state index contributed by atoms with van der Waals surface area (Å²) in [5.41, 5.74) is 4.06. The minimum absolute atomic E-state index is 0.595. The zero-order valence-electron chi connectivity index (χ0n) is 6.05. The van der Waals surface area contributed by atoms with Gasteiger partial charge in [0.05, 0.1) is 12.4 Å². The maximum Gasteiger partial charge on any atom is 0.136 e. The van der Waals surface area contributed by atoms with Gasteiger partial charge in [-0.2, -0.15) is 0 Å². The number of nitrogens with zero attached hydrogens (tertiary/aromatic N) is 5. The molecule has 0 saturated heterocycles. The van der Waals surface area contributed by atoms with Crippen LogP contribution in [-0.4, -0.2) is 28.3 Å². The molecule has 0 amide bonds. The number of hydrogen-bond acceptors (Lipinski definition) is 3. The Hall–Kier alpha value is -1.40. The van der Waals surface area contributed by atoms with E-state index in [4.69, 9.17) is 0 Å². The van der Waals surface area contributed by atoms with Crippen molar-refractivity contribution < 1.29 is 5.23 Å². The molecule has 1 aliphatic rings. The molecule has 6 nitrogen and oxygen atoms in total.